The van der Waals surface area contributed by atoms with Crippen LogP contribution in [0.5, 0.6) is 0 Å². The normalized spacial score (nSPS) is 19.2. The molecule has 2 rings (SSSR count). The van der Waals surface area contributed by atoms with Gasteiger partial charge in [0.25, 0.3) is 5.91 Å². The molecule has 5 heteroatoms. The second kappa shape index (κ2) is 5.10. The molecule has 1 aliphatic heterocycles. The molecule has 1 unspecified atom stereocenters. The minimum Gasteiger partial charge on any atom is -0.355 e. The standard InChI is InChI=1S/C13H15BrN2O2/c1-8-10(13(18)15-2)4-3-5-11(8)16-7-9(14)6-12(16)17/h3-5,9H,6-7H2,1-2H3,(H,15,18). The Morgan fingerprint density at radius 2 is 2.22 bits per heavy atom. The van der Waals surface area contributed by atoms with Crippen LogP contribution in [0.25, 0.3) is 0 Å². The van der Waals surface area contributed by atoms with Gasteiger partial charge in [0.05, 0.1) is 0 Å². The van der Waals surface area contributed by atoms with Crippen molar-refractivity contribution in [2.75, 3.05) is 18.5 Å². The Morgan fingerprint density at radius 1 is 1.50 bits per heavy atom. The van der Waals surface area contributed by atoms with E-state index >= 15 is 0 Å². The van der Waals surface area contributed by atoms with E-state index in [2.05, 4.69) is 21.2 Å². The summed E-state index contributed by atoms with van der Waals surface area (Å²) in [4.78, 5) is 25.5. The third kappa shape index (κ3) is 2.27. The zero-order valence-corrected chi connectivity index (χ0v) is 12.0. The molecule has 0 saturated carbocycles. The van der Waals surface area contributed by atoms with Crippen LogP contribution in [0.4, 0.5) is 5.69 Å². The van der Waals surface area contributed by atoms with Gasteiger partial charge in [0.15, 0.2) is 0 Å². The molecular formula is C13H15BrN2O2. The molecule has 1 heterocycles. The third-order valence-corrected chi connectivity index (χ3v) is 3.76. The molecule has 1 aromatic rings. The molecular weight excluding hydrogens is 296 g/mol. The average Bonchev–Trinajstić information content (AvgIpc) is 2.68. The van der Waals surface area contributed by atoms with Gasteiger partial charge in [-0.15, -0.1) is 0 Å². The number of carbonyl (C=O) groups is 2. The van der Waals surface area contributed by atoms with E-state index in [1.807, 2.05) is 19.1 Å². The summed E-state index contributed by atoms with van der Waals surface area (Å²) in [5.74, 6) is -0.0366. The van der Waals surface area contributed by atoms with Crippen LogP contribution in [0, 0.1) is 6.92 Å². The van der Waals surface area contributed by atoms with Gasteiger partial charge in [-0.05, 0) is 24.6 Å². The number of hydrogen-bond donors (Lipinski definition) is 1. The fourth-order valence-corrected chi connectivity index (χ4v) is 2.76. The summed E-state index contributed by atoms with van der Waals surface area (Å²) in [5, 5.41) is 2.61. The first-order valence-corrected chi connectivity index (χ1v) is 6.72. The van der Waals surface area contributed by atoms with E-state index in [4.69, 9.17) is 0 Å². The fourth-order valence-electron chi connectivity index (χ4n) is 2.19. The zero-order chi connectivity index (χ0) is 13.3. The minimum absolute atomic E-state index is 0.0917. The summed E-state index contributed by atoms with van der Waals surface area (Å²) in [5.41, 5.74) is 2.27. The van der Waals surface area contributed by atoms with E-state index < -0.39 is 0 Å². The Morgan fingerprint density at radius 3 is 2.78 bits per heavy atom. The number of anilines is 1. The fraction of sp³-hybridized carbons (Fsp3) is 0.385. The van der Waals surface area contributed by atoms with Gasteiger partial charge in [-0.1, -0.05) is 22.0 Å². The number of alkyl halides is 1. The van der Waals surface area contributed by atoms with Crippen LogP contribution < -0.4 is 10.2 Å². The highest BCUT2D eigenvalue weighted by atomic mass is 79.9. The van der Waals surface area contributed by atoms with Crippen molar-refractivity contribution < 1.29 is 9.59 Å². The maximum Gasteiger partial charge on any atom is 0.251 e. The highest BCUT2D eigenvalue weighted by Gasteiger charge is 2.30. The SMILES string of the molecule is CNC(=O)c1cccc(N2CC(Br)CC2=O)c1C. The van der Waals surface area contributed by atoms with E-state index in [1.165, 1.54) is 0 Å². The van der Waals surface area contributed by atoms with Crippen molar-refractivity contribution in [2.45, 2.75) is 18.2 Å². The van der Waals surface area contributed by atoms with Crippen LogP contribution in [-0.4, -0.2) is 30.2 Å². The topological polar surface area (TPSA) is 49.4 Å². The van der Waals surface area contributed by atoms with E-state index in [9.17, 15) is 9.59 Å². The molecule has 0 radical (unpaired) electrons. The molecule has 1 fully saturated rings. The van der Waals surface area contributed by atoms with Crippen molar-refractivity contribution in [2.24, 2.45) is 0 Å². The number of hydrogen-bond acceptors (Lipinski definition) is 2. The molecule has 4 nitrogen and oxygen atoms in total. The molecule has 2 amide bonds. The maximum atomic E-state index is 11.9. The molecule has 18 heavy (non-hydrogen) atoms. The summed E-state index contributed by atoms with van der Waals surface area (Å²) in [6.07, 6.45) is 0.504. The van der Waals surface area contributed by atoms with Gasteiger partial charge in [0.1, 0.15) is 0 Å². The van der Waals surface area contributed by atoms with Crippen molar-refractivity contribution in [3.63, 3.8) is 0 Å². The van der Waals surface area contributed by atoms with Gasteiger partial charge in [-0.2, -0.15) is 0 Å². The summed E-state index contributed by atoms with van der Waals surface area (Å²) in [6.45, 7) is 2.52. The van der Waals surface area contributed by atoms with Crippen molar-refractivity contribution >= 4 is 33.4 Å². The largest absolute Gasteiger partial charge is 0.355 e. The summed E-state index contributed by atoms with van der Waals surface area (Å²) < 4.78 is 0. The summed E-state index contributed by atoms with van der Waals surface area (Å²) >= 11 is 3.46. The number of halogens is 1. The average molecular weight is 311 g/mol. The first-order chi connectivity index (χ1) is 8.54. The molecule has 0 aromatic heterocycles. The molecule has 96 valence electrons. The van der Waals surface area contributed by atoms with Crippen molar-refractivity contribution in [3.8, 4) is 0 Å². The van der Waals surface area contributed by atoms with Gasteiger partial charge in [0.2, 0.25) is 5.91 Å². The van der Waals surface area contributed by atoms with Crippen LogP contribution in [0.2, 0.25) is 0 Å². The van der Waals surface area contributed by atoms with Crippen molar-refractivity contribution in [1.82, 2.24) is 5.32 Å². The molecule has 1 atom stereocenters. The highest BCUT2D eigenvalue weighted by molar-refractivity contribution is 9.09. The lowest BCUT2D eigenvalue weighted by Crippen LogP contribution is -2.27. The monoisotopic (exact) mass is 310 g/mol. The van der Waals surface area contributed by atoms with E-state index in [0.29, 0.717) is 18.5 Å². The maximum absolute atomic E-state index is 11.9. The van der Waals surface area contributed by atoms with Gasteiger partial charge in [-0.25, -0.2) is 0 Å². The van der Waals surface area contributed by atoms with E-state index in [1.54, 1.807) is 18.0 Å². The van der Waals surface area contributed by atoms with Gasteiger partial charge in [0, 0.05) is 36.1 Å². The molecule has 0 spiro atoms. The Bertz CT molecular complexity index is 502. The van der Waals surface area contributed by atoms with E-state index in [-0.39, 0.29) is 16.6 Å². The zero-order valence-electron chi connectivity index (χ0n) is 10.4. The first-order valence-electron chi connectivity index (χ1n) is 5.80. The number of amides is 2. The lowest BCUT2D eigenvalue weighted by Gasteiger charge is -2.20. The molecule has 1 N–H and O–H groups in total. The predicted molar refractivity (Wildman–Crippen MR) is 74.3 cm³/mol. The van der Waals surface area contributed by atoms with Gasteiger partial charge in [-0.3, -0.25) is 9.59 Å². The molecule has 1 aromatic carbocycles. The lowest BCUT2D eigenvalue weighted by atomic mass is 10.1. The van der Waals surface area contributed by atoms with Crippen LogP contribution in [0.1, 0.15) is 22.3 Å². The number of carbonyl (C=O) groups excluding carboxylic acids is 2. The lowest BCUT2D eigenvalue weighted by molar-refractivity contribution is -0.117. The Balaban J connectivity index is 2.40. The third-order valence-electron chi connectivity index (χ3n) is 3.15. The Kier molecular flexibility index (Phi) is 3.71. The van der Waals surface area contributed by atoms with E-state index in [0.717, 1.165) is 11.3 Å². The second-order valence-corrected chi connectivity index (χ2v) is 5.63. The molecule has 1 aliphatic rings. The first kappa shape index (κ1) is 13.1. The smallest absolute Gasteiger partial charge is 0.251 e. The van der Waals surface area contributed by atoms with Crippen molar-refractivity contribution in [3.05, 3.63) is 29.3 Å². The molecule has 0 aliphatic carbocycles. The van der Waals surface area contributed by atoms with Crippen LogP contribution in [0.3, 0.4) is 0 Å². The quantitative estimate of drug-likeness (QED) is 0.848. The number of rotatable bonds is 2. The minimum atomic E-state index is -0.128. The number of nitrogens with one attached hydrogen (secondary N) is 1. The Labute approximate surface area is 114 Å². The molecule has 1 saturated heterocycles. The van der Waals surface area contributed by atoms with Crippen LogP contribution in [-0.2, 0) is 4.79 Å². The van der Waals surface area contributed by atoms with Crippen LogP contribution in [0.15, 0.2) is 18.2 Å². The number of nitrogens with zero attached hydrogens (tertiary/aromatic N) is 1. The predicted octanol–water partition coefficient (Wildman–Crippen LogP) is 1.85. The van der Waals surface area contributed by atoms with Crippen LogP contribution >= 0.6 is 15.9 Å². The van der Waals surface area contributed by atoms with Gasteiger partial charge >= 0.3 is 0 Å². The summed E-state index contributed by atoms with van der Waals surface area (Å²) in [6, 6.07) is 5.45. The second-order valence-electron chi connectivity index (χ2n) is 4.33. The highest BCUT2D eigenvalue weighted by Crippen LogP contribution is 2.29. The Hall–Kier alpha value is -1.36. The number of benzene rings is 1. The van der Waals surface area contributed by atoms with Gasteiger partial charge < -0.3 is 10.2 Å². The van der Waals surface area contributed by atoms with Crippen molar-refractivity contribution in [1.29, 1.82) is 0 Å². The summed E-state index contributed by atoms with van der Waals surface area (Å²) in [7, 11) is 1.60. The molecule has 0 bridgehead atoms.